The second-order valence-electron chi connectivity index (χ2n) is 2.84. The van der Waals surface area contributed by atoms with Crippen molar-refractivity contribution in [3.8, 4) is 0 Å². The Kier molecular flexibility index (Phi) is 2.50. The molecule has 0 amide bonds. The first-order chi connectivity index (χ1) is 5.79. The van der Waals surface area contributed by atoms with Gasteiger partial charge in [-0.1, -0.05) is 0 Å². The molecule has 1 N–H and O–H groups in total. The average Bonchev–Trinajstić information content (AvgIpc) is 2.59. The highest BCUT2D eigenvalue weighted by Crippen LogP contribution is 2.35. The lowest BCUT2D eigenvalue weighted by atomic mass is 10.1. The number of aliphatic hydroxyl groups is 1. The molecule has 2 nitrogen and oxygen atoms in total. The fourth-order valence-corrected chi connectivity index (χ4v) is 3.18. The van der Waals surface area contributed by atoms with E-state index in [1.807, 2.05) is 11.4 Å². The zero-order valence-electron chi connectivity index (χ0n) is 6.37. The van der Waals surface area contributed by atoms with Gasteiger partial charge in [0.25, 0.3) is 0 Å². The molecule has 2 atom stereocenters. The lowest BCUT2D eigenvalue weighted by Gasteiger charge is -2.10. The molecule has 0 aliphatic carbocycles. The van der Waals surface area contributed by atoms with Gasteiger partial charge >= 0.3 is 0 Å². The Morgan fingerprint density at radius 1 is 1.58 bits per heavy atom. The molecular weight excluding hydrogens is 240 g/mol. The first kappa shape index (κ1) is 8.69. The first-order valence-electron chi connectivity index (χ1n) is 3.77. The van der Waals surface area contributed by atoms with E-state index in [-0.39, 0.29) is 12.0 Å². The molecule has 4 heteroatoms. The number of aliphatic hydroxyl groups excluding tert-OH is 1. The van der Waals surface area contributed by atoms with Crippen LogP contribution in [0.5, 0.6) is 0 Å². The molecule has 0 unspecified atom stereocenters. The summed E-state index contributed by atoms with van der Waals surface area (Å²) in [6.07, 6.45) is -0.333. The average molecular weight is 249 g/mol. The maximum Gasteiger partial charge on any atom is 0.0872 e. The lowest BCUT2D eigenvalue weighted by molar-refractivity contribution is 0.125. The van der Waals surface area contributed by atoms with E-state index in [2.05, 4.69) is 15.9 Å². The van der Waals surface area contributed by atoms with Gasteiger partial charge < -0.3 is 9.84 Å². The van der Waals surface area contributed by atoms with Gasteiger partial charge in [-0.05, 0) is 27.4 Å². The third-order valence-corrected chi connectivity index (χ3v) is 4.03. The van der Waals surface area contributed by atoms with Gasteiger partial charge in [0.15, 0.2) is 0 Å². The second kappa shape index (κ2) is 3.46. The third kappa shape index (κ3) is 1.44. The molecule has 66 valence electrons. The van der Waals surface area contributed by atoms with Crippen molar-refractivity contribution in [2.45, 2.75) is 12.0 Å². The van der Waals surface area contributed by atoms with Crippen LogP contribution in [0.25, 0.3) is 0 Å². The predicted octanol–water partition coefficient (Wildman–Crippen LogP) is 1.99. The fourth-order valence-electron chi connectivity index (χ4n) is 1.36. The van der Waals surface area contributed by atoms with Gasteiger partial charge in [-0.3, -0.25) is 0 Å². The van der Waals surface area contributed by atoms with Crippen molar-refractivity contribution in [1.82, 2.24) is 0 Å². The largest absolute Gasteiger partial charge is 0.390 e. The molecule has 1 fully saturated rings. The molecule has 1 aromatic rings. The Morgan fingerprint density at radius 3 is 2.92 bits per heavy atom. The van der Waals surface area contributed by atoms with E-state index in [1.54, 1.807) is 11.3 Å². The van der Waals surface area contributed by atoms with Gasteiger partial charge in [0.1, 0.15) is 0 Å². The Labute approximate surface area is 83.3 Å². The standard InChI is InChI=1S/C8H9BrO2S/c9-6-1-2-12-8(6)5-3-11-4-7(5)10/h1-2,5,7,10H,3-4H2/t5-,7-/m1/s1. The third-order valence-electron chi connectivity index (χ3n) is 2.03. The van der Waals surface area contributed by atoms with E-state index in [0.717, 1.165) is 4.47 Å². The van der Waals surface area contributed by atoms with E-state index in [4.69, 9.17) is 4.74 Å². The van der Waals surface area contributed by atoms with Crippen molar-refractivity contribution in [2.24, 2.45) is 0 Å². The highest BCUT2D eigenvalue weighted by Gasteiger charge is 2.29. The maximum absolute atomic E-state index is 9.55. The molecule has 1 aliphatic heterocycles. The van der Waals surface area contributed by atoms with Crippen LogP contribution in [0.1, 0.15) is 10.8 Å². The Morgan fingerprint density at radius 2 is 2.42 bits per heavy atom. The molecule has 0 bridgehead atoms. The Bertz CT molecular complexity index is 274. The van der Waals surface area contributed by atoms with Gasteiger partial charge in [-0.15, -0.1) is 11.3 Å². The summed E-state index contributed by atoms with van der Waals surface area (Å²) in [6.45, 7) is 1.11. The van der Waals surface area contributed by atoms with Crippen molar-refractivity contribution < 1.29 is 9.84 Å². The monoisotopic (exact) mass is 248 g/mol. The highest BCUT2D eigenvalue weighted by molar-refractivity contribution is 9.10. The minimum atomic E-state index is -0.333. The number of ether oxygens (including phenoxy) is 1. The van der Waals surface area contributed by atoms with Crippen molar-refractivity contribution in [3.63, 3.8) is 0 Å². The van der Waals surface area contributed by atoms with Crippen LogP contribution in [-0.4, -0.2) is 24.4 Å². The van der Waals surface area contributed by atoms with Gasteiger partial charge in [0.2, 0.25) is 0 Å². The van der Waals surface area contributed by atoms with E-state index in [0.29, 0.717) is 13.2 Å². The predicted molar refractivity (Wildman–Crippen MR) is 51.6 cm³/mol. The van der Waals surface area contributed by atoms with Crippen molar-refractivity contribution in [2.75, 3.05) is 13.2 Å². The number of rotatable bonds is 1. The lowest BCUT2D eigenvalue weighted by Crippen LogP contribution is -2.14. The summed E-state index contributed by atoms with van der Waals surface area (Å²) in [5.74, 6) is 0.166. The van der Waals surface area contributed by atoms with Crippen LogP contribution in [0.3, 0.4) is 0 Å². The quantitative estimate of drug-likeness (QED) is 0.824. The molecule has 1 saturated heterocycles. The van der Waals surface area contributed by atoms with E-state index in [1.165, 1.54) is 4.88 Å². The van der Waals surface area contributed by atoms with Crippen LogP contribution >= 0.6 is 27.3 Å². The zero-order chi connectivity index (χ0) is 8.55. The van der Waals surface area contributed by atoms with Crippen molar-refractivity contribution in [3.05, 3.63) is 20.8 Å². The summed E-state index contributed by atoms with van der Waals surface area (Å²) in [4.78, 5) is 1.19. The van der Waals surface area contributed by atoms with Gasteiger partial charge in [0.05, 0.1) is 19.3 Å². The highest BCUT2D eigenvalue weighted by atomic mass is 79.9. The van der Waals surface area contributed by atoms with Crippen molar-refractivity contribution in [1.29, 1.82) is 0 Å². The van der Waals surface area contributed by atoms with Crippen LogP contribution in [0.2, 0.25) is 0 Å². The SMILES string of the molecule is O[C@@H]1COC[C@H]1c1sccc1Br. The minimum absolute atomic E-state index is 0.166. The number of hydrogen-bond donors (Lipinski definition) is 1. The number of halogens is 1. The summed E-state index contributed by atoms with van der Waals surface area (Å²) in [5, 5.41) is 11.6. The van der Waals surface area contributed by atoms with Crippen LogP contribution in [0.4, 0.5) is 0 Å². The van der Waals surface area contributed by atoms with Crippen LogP contribution in [-0.2, 0) is 4.74 Å². The molecule has 2 heterocycles. The second-order valence-corrected chi connectivity index (χ2v) is 4.65. The Balaban J connectivity index is 2.24. The maximum atomic E-state index is 9.55. The van der Waals surface area contributed by atoms with E-state index >= 15 is 0 Å². The summed E-state index contributed by atoms with van der Waals surface area (Å²) < 4.78 is 6.27. The molecule has 12 heavy (non-hydrogen) atoms. The summed E-state index contributed by atoms with van der Waals surface area (Å²) in [7, 11) is 0. The van der Waals surface area contributed by atoms with E-state index < -0.39 is 0 Å². The Hall–Kier alpha value is 0.100. The molecule has 1 aromatic heterocycles. The molecule has 0 saturated carbocycles. The van der Waals surface area contributed by atoms with E-state index in [9.17, 15) is 5.11 Å². The summed E-state index contributed by atoms with van der Waals surface area (Å²) >= 11 is 5.11. The van der Waals surface area contributed by atoms with Gasteiger partial charge in [-0.2, -0.15) is 0 Å². The number of thiophene rings is 1. The first-order valence-corrected chi connectivity index (χ1v) is 5.45. The zero-order valence-corrected chi connectivity index (χ0v) is 8.77. The topological polar surface area (TPSA) is 29.5 Å². The van der Waals surface area contributed by atoms with Crippen LogP contribution < -0.4 is 0 Å². The molecule has 0 radical (unpaired) electrons. The normalized spacial score (nSPS) is 29.5. The molecule has 1 aliphatic rings. The van der Waals surface area contributed by atoms with Crippen LogP contribution in [0.15, 0.2) is 15.9 Å². The van der Waals surface area contributed by atoms with Crippen LogP contribution in [0, 0.1) is 0 Å². The molecular formula is C8H9BrO2S. The molecule has 0 spiro atoms. The summed E-state index contributed by atoms with van der Waals surface area (Å²) in [5.41, 5.74) is 0. The van der Waals surface area contributed by atoms with Crippen molar-refractivity contribution >= 4 is 27.3 Å². The minimum Gasteiger partial charge on any atom is -0.390 e. The molecule has 0 aromatic carbocycles. The number of hydrogen-bond acceptors (Lipinski definition) is 3. The molecule has 2 rings (SSSR count). The fraction of sp³-hybridized carbons (Fsp3) is 0.500. The smallest absolute Gasteiger partial charge is 0.0872 e. The summed E-state index contributed by atoms with van der Waals surface area (Å²) in [6, 6.07) is 2.00. The van der Waals surface area contributed by atoms with Gasteiger partial charge in [-0.25, -0.2) is 0 Å². The van der Waals surface area contributed by atoms with Gasteiger partial charge in [0, 0.05) is 15.3 Å².